The van der Waals surface area contributed by atoms with Crippen molar-refractivity contribution in [2.45, 2.75) is 20.8 Å². The van der Waals surface area contributed by atoms with Crippen LogP contribution in [0.2, 0.25) is 0 Å². The average molecular weight is 177 g/mol. The number of rotatable bonds is 2. The van der Waals surface area contributed by atoms with E-state index in [9.17, 15) is 4.79 Å². The summed E-state index contributed by atoms with van der Waals surface area (Å²) < 4.78 is 0. The van der Waals surface area contributed by atoms with Crippen LogP contribution in [0.25, 0.3) is 5.57 Å². The Hall–Kier alpha value is -1.44. The molecule has 1 aromatic heterocycles. The Morgan fingerprint density at radius 1 is 1.46 bits per heavy atom. The molecular weight excluding hydrogens is 162 g/mol. The SMILES string of the molecule is C=C(C)c1cncc(C=O)c1.CC. The molecule has 0 atom stereocenters. The van der Waals surface area contributed by atoms with E-state index in [1.165, 1.54) is 6.20 Å². The first-order valence-electron chi connectivity index (χ1n) is 4.30. The molecule has 70 valence electrons. The quantitative estimate of drug-likeness (QED) is 0.650. The fourth-order valence-electron chi connectivity index (χ4n) is 0.756. The van der Waals surface area contributed by atoms with Crippen molar-refractivity contribution in [3.63, 3.8) is 0 Å². The third kappa shape index (κ3) is 3.65. The number of aldehydes is 1. The van der Waals surface area contributed by atoms with Crippen LogP contribution in [0.3, 0.4) is 0 Å². The zero-order valence-electron chi connectivity index (χ0n) is 8.37. The van der Waals surface area contributed by atoms with E-state index >= 15 is 0 Å². The second kappa shape index (κ2) is 6.12. The third-order valence-electron chi connectivity index (χ3n) is 1.39. The number of hydrogen-bond donors (Lipinski definition) is 0. The molecule has 13 heavy (non-hydrogen) atoms. The molecule has 0 saturated carbocycles. The second-order valence-corrected chi connectivity index (χ2v) is 2.41. The van der Waals surface area contributed by atoms with Gasteiger partial charge in [-0.2, -0.15) is 0 Å². The van der Waals surface area contributed by atoms with Gasteiger partial charge in [0.25, 0.3) is 0 Å². The molecule has 0 unspecified atom stereocenters. The summed E-state index contributed by atoms with van der Waals surface area (Å²) in [6.45, 7) is 9.63. The normalized spacial score (nSPS) is 8.23. The first-order chi connectivity index (χ1) is 6.24. The predicted molar refractivity (Wildman–Crippen MR) is 55.7 cm³/mol. The van der Waals surface area contributed by atoms with Crippen LogP contribution in [-0.2, 0) is 0 Å². The van der Waals surface area contributed by atoms with Gasteiger partial charge in [0.05, 0.1) is 0 Å². The Labute approximate surface area is 79.3 Å². The van der Waals surface area contributed by atoms with Gasteiger partial charge < -0.3 is 0 Å². The lowest BCUT2D eigenvalue weighted by molar-refractivity contribution is 0.112. The Bertz CT molecular complexity index is 292. The molecule has 0 amide bonds. The standard InChI is InChI=1S/C9H9NO.C2H6/c1-7(2)9-3-8(6-11)4-10-5-9;1-2/h3-6H,1H2,2H3;1-2H3. The maximum atomic E-state index is 10.3. The molecular formula is C11H15NO. The molecule has 0 aromatic carbocycles. The van der Waals surface area contributed by atoms with Crippen molar-refractivity contribution in [2.24, 2.45) is 0 Å². The lowest BCUT2D eigenvalue weighted by Crippen LogP contribution is -1.85. The molecule has 0 aliphatic carbocycles. The predicted octanol–water partition coefficient (Wildman–Crippen LogP) is 2.95. The summed E-state index contributed by atoms with van der Waals surface area (Å²) in [6.07, 6.45) is 3.99. The maximum Gasteiger partial charge on any atom is 0.151 e. The van der Waals surface area contributed by atoms with Gasteiger partial charge in [0.15, 0.2) is 6.29 Å². The lowest BCUT2D eigenvalue weighted by atomic mass is 10.1. The highest BCUT2D eigenvalue weighted by atomic mass is 16.1. The Kier molecular flexibility index (Phi) is 5.44. The summed E-state index contributed by atoms with van der Waals surface area (Å²) in [5.41, 5.74) is 2.42. The largest absolute Gasteiger partial charge is 0.298 e. The summed E-state index contributed by atoms with van der Waals surface area (Å²) in [4.78, 5) is 14.2. The van der Waals surface area contributed by atoms with Crippen molar-refractivity contribution in [1.29, 1.82) is 0 Å². The lowest BCUT2D eigenvalue weighted by Gasteiger charge is -1.97. The minimum absolute atomic E-state index is 0.588. The monoisotopic (exact) mass is 177 g/mol. The van der Waals surface area contributed by atoms with Crippen molar-refractivity contribution in [2.75, 3.05) is 0 Å². The molecule has 0 radical (unpaired) electrons. The molecule has 0 fully saturated rings. The Morgan fingerprint density at radius 2 is 2.08 bits per heavy atom. The van der Waals surface area contributed by atoms with E-state index in [4.69, 9.17) is 0 Å². The van der Waals surface area contributed by atoms with Gasteiger partial charge in [-0.15, -0.1) is 0 Å². The molecule has 2 nitrogen and oxygen atoms in total. The number of aromatic nitrogens is 1. The topological polar surface area (TPSA) is 30.0 Å². The zero-order chi connectivity index (χ0) is 10.3. The van der Waals surface area contributed by atoms with E-state index in [2.05, 4.69) is 11.6 Å². The van der Waals surface area contributed by atoms with E-state index in [-0.39, 0.29) is 0 Å². The summed E-state index contributed by atoms with van der Waals surface area (Å²) in [5.74, 6) is 0. The number of nitrogens with zero attached hydrogens (tertiary/aromatic N) is 1. The molecule has 1 aromatic rings. The number of pyridine rings is 1. The summed E-state index contributed by atoms with van der Waals surface area (Å²) in [6, 6.07) is 1.77. The van der Waals surface area contributed by atoms with Crippen molar-refractivity contribution in [3.8, 4) is 0 Å². The summed E-state index contributed by atoms with van der Waals surface area (Å²) >= 11 is 0. The van der Waals surface area contributed by atoms with Crippen LogP contribution < -0.4 is 0 Å². The van der Waals surface area contributed by atoms with E-state index in [0.29, 0.717) is 5.56 Å². The zero-order valence-corrected chi connectivity index (χ0v) is 8.37. The molecule has 1 heterocycles. The smallest absolute Gasteiger partial charge is 0.151 e. The molecule has 0 saturated heterocycles. The van der Waals surface area contributed by atoms with Gasteiger partial charge in [0.1, 0.15) is 0 Å². The van der Waals surface area contributed by atoms with Gasteiger partial charge in [0, 0.05) is 18.0 Å². The first kappa shape index (κ1) is 11.6. The van der Waals surface area contributed by atoms with Gasteiger partial charge in [0.2, 0.25) is 0 Å². The summed E-state index contributed by atoms with van der Waals surface area (Å²) in [7, 11) is 0. The number of carbonyl (C=O) groups excluding carboxylic acids is 1. The highest BCUT2D eigenvalue weighted by Crippen LogP contribution is 2.09. The van der Waals surface area contributed by atoms with Gasteiger partial charge in [-0.1, -0.05) is 20.4 Å². The van der Waals surface area contributed by atoms with Gasteiger partial charge >= 0.3 is 0 Å². The van der Waals surface area contributed by atoms with Crippen LogP contribution in [0.5, 0.6) is 0 Å². The molecule has 0 aliphatic rings. The van der Waals surface area contributed by atoms with Crippen LogP contribution in [0.15, 0.2) is 25.0 Å². The highest BCUT2D eigenvalue weighted by molar-refractivity contribution is 5.76. The van der Waals surface area contributed by atoms with Gasteiger partial charge in [-0.3, -0.25) is 9.78 Å². The van der Waals surface area contributed by atoms with E-state index < -0.39 is 0 Å². The Balaban J connectivity index is 0.000000671. The fraction of sp³-hybridized carbons (Fsp3) is 0.273. The van der Waals surface area contributed by atoms with Crippen molar-refractivity contribution in [1.82, 2.24) is 4.98 Å². The van der Waals surface area contributed by atoms with Gasteiger partial charge in [-0.25, -0.2) is 0 Å². The minimum atomic E-state index is 0.588. The Morgan fingerprint density at radius 3 is 2.54 bits per heavy atom. The second-order valence-electron chi connectivity index (χ2n) is 2.41. The van der Waals surface area contributed by atoms with Crippen molar-refractivity contribution >= 4 is 11.9 Å². The van der Waals surface area contributed by atoms with Gasteiger partial charge in [-0.05, 0) is 24.1 Å². The number of allylic oxidation sites excluding steroid dienone is 1. The molecule has 0 N–H and O–H groups in total. The van der Waals surface area contributed by atoms with Crippen LogP contribution in [-0.4, -0.2) is 11.3 Å². The molecule has 1 rings (SSSR count). The van der Waals surface area contributed by atoms with Crippen LogP contribution in [0, 0.1) is 0 Å². The van der Waals surface area contributed by atoms with Crippen LogP contribution >= 0.6 is 0 Å². The summed E-state index contributed by atoms with van der Waals surface area (Å²) in [5, 5.41) is 0. The molecule has 2 heteroatoms. The highest BCUT2D eigenvalue weighted by Gasteiger charge is 1.94. The number of carbonyl (C=O) groups is 1. The fourth-order valence-corrected chi connectivity index (χ4v) is 0.756. The van der Waals surface area contributed by atoms with E-state index in [1.807, 2.05) is 20.8 Å². The van der Waals surface area contributed by atoms with Crippen molar-refractivity contribution in [3.05, 3.63) is 36.2 Å². The van der Waals surface area contributed by atoms with Crippen LogP contribution in [0.4, 0.5) is 0 Å². The average Bonchev–Trinajstić information content (AvgIpc) is 2.21. The molecule has 0 bridgehead atoms. The van der Waals surface area contributed by atoms with Crippen LogP contribution in [0.1, 0.15) is 36.7 Å². The number of hydrogen-bond acceptors (Lipinski definition) is 2. The minimum Gasteiger partial charge on any atom is -0.298 e. The van der Waals surface area contributed by atoms with Crippen molar-refractivity contribution < 1.29 is 4.79 Å². The molecule has 0 aliphatic heterocycles. The van der Waals surface area contributed by atoms with E-state index in [1.54, 1.807) is 12.3 Å². The first-order valence-corrected chi connectivity index (χ1v) is 4.30. The maximum absolute atomic E-state index is 10.3. The van der Waals surface area contributed by atoms with E-state index in [0.717, 1.165) is 17.4 Å². The third-order valence-corrected chi connectivity index (χ3v) is 1.39. The molecule has 0 spiro atoms.